The van der Waals surface area contributed by atoms with Gasteiger partial charge in [0.1, 0.15) is 0 Å². The Morgan fingerprint density at radius 1 is 0.120 bits per heavy atom. The summed E-state index contributed by atoms with van der Waals surface area (Å²) in [6.45, 7) is 0. The zero-order chi connectivity index (χ0) is 77.8. The average molecular weight is 1500 g/mol. The lowest BCUT2D eigenvalue weighted by molar-refractivity contribution is 1.02. The summed E-state index contributed by atoms with van der Waals surface area (Å²) < 4.78 is 14.2. The number of aromatic nitrogens is 6. The molecule has 6 heterocycles. The normalized spacial score (nSPS) is 11.7. The number of rotatable bonds is 9. The maximum atomic E-state index is 2.45. The van der Waals surface area contributed by atoms with Gasteiger partial charge < -0.3 is 27.4 Å². The van der Waals surface area contributed by atoms with Crippen LogP contribution in [0.5, 0.6) is 0 Å². The smallest absolute Gasteiger partial charge is 0.0548 e. The molecule has 0 saturated heterocycles. The molecular weight excluding hydrogens is 1420 g/mol. The number of benzene rings is 18. The first-order valence-corrected chi connectivity index (χ1v) is 40.3. The molecule has 24 aromatic rings. The van der Waals surface area contributed by atoms with Crippen LogP contribution in [0, 0.1) is 0 Å². The van der Waals surface area contributed by atoms with Gasteiger partial charge in [-0.3, -0.25) is 0 Å². The van der Waals surface area contributed by atoms with Gasteiger partial charge in [-0.1, -0.05) is 303 Å². The first-order valence-electron chi connectivity index (χ1n) is 40.3. The number of nitrogens with zero attached hydrogens (tertiary/aromatic N) is 6. The quantitative estimate of drug-likeness (QED) is 0.138. The molecule has 0 radical (unpaired) electrons. The van der Waals surface area contributed by atoms with Crippen LogP contribution in [0.25, 0.3) is 215 Å². The fourth-order valence-corrected chi connectivity index (χ4v) is 18.6. The van der Waals surface area contributed by atoms with Gasteiger partial charge >= 0.3 is 0 Å². The highest BCUT2D eigenvalue weighted by atomic mass is 15.0. The Bertz CT molecular complexity index is 7910. The topological polar surface area (TPSA) is 29.6 Å². The van der Waals surface area contributed by atoms with Crippen LogP contribution >= 0.6 is 0 Å². The lowest BCUT2D eigenvalue weighted by Crippen LogP contribution is -1.96. The standard InChI is InChI=1S/3C37H26N2/c1-38-34-18-10-8-16-30(34)32-24-37-33(23-36(32)38)31-17-9-11-19-35(31)39(37)29-21-27(25-12-4-2-5-13-25)20-28(22-29)26-14-6-3-7-15-26;1-38-34-16-7-5-14-30(34)32-24-37-33(23-36(32)38)31-15-6-8-17-35(31)39(37)29-13-9-12-28(22-29)27-20-18-26(19-21-27)25-10-3-2-4-11-25;1-38-34-13-7-5-11-30(34)32-24-37-33(23-36(32)38)31-12-6-8-14-35(31)39(37)29-21-19-28(20-22-29)27-17-15-26(16-18-27)25-9-3-2-4-10-25/h3*2-24H,1H3. The van der Waals surface area contributed by atoms with Crippen molar-refractivity contribution >= 4 is 131 Å². The number of aryl methyl sites for hydroxylation is 3. The van der Waals surface area contributed by atoms with E-state index in [4.69, 9.17) is 0 Å². The molecule has 0 aliphatic heterocycles. The van der Waals surface area contributed by atoms with Gasteiger partial charge in [-0.2, -0.15) is 0 Å². The van der Waals surface area contributed by atoms with Crippen LogP contribution in [0.3, 0.4) is 0 Å². The summed E-state index contributed by atoms with van der Waals surface area (Å²) in [5, 5.41) is 15.4. The zero-order valence-electron chi connectivity index (χ0n) is 65.0. The van der Waals surface area contributed by atoms with Gasteiger partial charge in [0.25, 0.3) is 0 Å². The van der Waals surface area contributed by atoms with Gasteiger partial charge in [-0.05, 0) is 182 Å². The van der Waals surface area contributed by atoms with Crippen molar-refractivity contribution in [3.8, 4) is 83.8 Å². The van der Waals surface area contributed by atoms with E-state index in [9.17, 15) is 0 Å². The highest BCUT2D eigenvalue weighted by Gasteiger charge is 2.22. The number of hydrogen-bond donors (Lipinski definition) is 0. The SMILES string of the molecule is Cn1c2ccccc2c2cc3c(cc21)c1ccccc1n3-c1cc(-c2ccccc2)cc(-c2ccccc2)c1.Cn1c2ccccc2c2cc3c(cc21)c1ccccc1n3-c1ccc(-c2ccc(-c3ccccc3)cc2)cc1.Cn1c2ccccc2c2cc3c(cc21)c1ccccc1n3-c1cccc(-c2ccc(-c3ccccc3)cc2)c1. The summed E-state index contributed by atoms with van der Waals surface area (Å²) in [5.74, 6) is 0. The molecule has 6 aromatic heterocycles. The minimum atomic E-state index is 1.17. The van der Waals surface area contributed by atoms with E-state index in [1.807, 2.05) is 0 Å². The molecular formula is C111H78N6. The molecule has 0 fully saturated rings. The molecule has 0 aliphatic rings. The van der Waals surface area contributed by atoms with Crippen LogP contribution in [-0.4, -0.2) is 27.4 Å². The Kier molecular flexibility index (Phi) is 16.5. The third-order valence-corrected chi connectivity index (χ3v) is 24.4. The molecule has 0 saturated carbocycles. The summed E-state index contributed by atoms with van der Waals surface area (Å²) in [6.07, 6.45) is 0. The van der Waals surface area contributed by atoms with E-state index in [1.165, 1.54) is 215 Å². The predicted molar refractivity (Wildman–Crippen MR) is 497 cm³/mol. The number of hydrogen-bond acceptors (Lipinski definition) is 0. The average Bonchev–Trinajstić information content (AvgIpc) is 1.56. The molecule has 0 bridgehead atoms. The molecule has 0 N–H and O–H groups in total. The number of para-hydroxylation sites is 6. The van der Waals surface area contributed by atoms with Crippen LogP contribution in [0.15, 0.2) is 419 Å². The van der Waals surface area contributed by atoms with Gasteiger partial charge in [-0.25, -0.2) is 0 Å². The summed E-state index contributed by atoms with van der Waals surface area (Å²) in [6, 6.07) is 152. The van der Waals surface area contributed by atoms with E-state index in [0.29, 0.717) is 0 Å². The van der Waals surface area contributed by atoms with Gasteiger partial charge in [0.15, 0.2) is 0 Å². The van der Waals surface area contributed by atoms with Crippen LogP contribution < -0.4 is 0 Å². The Hall–Kier alpha value is -15.2. The van der Waals surface area contributed by atoms with Crippen LogP contribution in [0.4, 0.5) is 0 Å². The Morgan fingerprint density at radius 2 is 0.342 bits per heavy atom. The van der Waals surface area contributed by atoms with Gasteiger partial charge in [0, 0.05) is 136 Å². The number of fused-ring (bicyclic) bond motifs is 18. The maximum Gasteiger partial charge on any atom is 0.0548 e. The maximum absolute atomic E-state index is 2.45. The van der Waals surface area contributed by atoms with E-state index < -0.39 is 0 Å². The van der Waals surface area contributed by atoms with E-state index in [2.05, 4.69) is 467 Å². The molecule has 0 amide bonds. The van der Waals surface area contributed by atoms with Crippen molar-refractivity contribution in [2.24, 2.45) is 21.1 Å². The molecule has 0 atom stereocenters. The van der Waals surface area contributed by atoms with E-state index in [-0.39, 0.29) is 0 Å². The van der Waals surface area contributed by atoms with E-state index in [1.54, 1.807) is 0 Å². The Labute approximate surface area is 677 Å². The summed E-state index contributed by atoms with van der Waals surface area (Å²) >= 11 is 0. The van der Waals surface area contributed by atoms with Gasteiger partial charge in [0.05, 0.1) is 33.1 Å². The molecule has 24 rings (SSSR count). The highest BCUT2D eigenvalue weighted by molar-refractivity contribution is 6.22. The third kappa shape index (κ3) is 11.6. The van der Waals surface area contributed by atoms with Crippen LogP contribution in [0.1, 0.15) is 0 Å². The predicted octanol–water partition coefficient (Wildman–Crippen LogP) is 29.3. The van der Waals surface area contributed by atoms with Crippen molar-refractivity contribution in [1.29, 1.82) is 0 Å². The first kappa shape index (κ1) is 68.6. The molecule has 6 heteroatoms. The largest absolute Gasteiger partial charge is 0.344 e. The molecule has 0 aliphatic carbocycles. The van der Waals surface area contributed by atoms with Crippen LogP contribution in [0.2, 0.25) is 0 Å². The summed E-state index contributed by atoms with van der Waals surface area (Å²) in [5.41, 5.74) is 33.1. The van der Waals surface area contributed by atoms with Crippen molar-refractivity contribution in [3.63, 3.8) is 0 Å². The molecule has 18 aromatic carbocycles. The fourth-order valence-electron chi connectivity index (χ4n) is 18.6. The van der Waals surface area contributed by atoms with Crippen molar-refractivity contribution in [3.05, 3.63) is 419 Å². The highest BCUT2D eigenvalue weighted by Crippen LogP contribution is 2.44. The lowest BCUT2D eigenvalue weighted by Gasteiger charge is -2.14. The minimum absolute atomic E-state index is 1.17. The summed E-state index contributed by atoms with van der Waals surface area (Å²) in [4.78, 5) is 0. The third-order valence-electron chi connectivity index (χ3n) is 24.4. The van der Waals surface area contributed by atoms with Crippen molar-refractivity contribution in [2.75, 3.05) is 0 Å². The van der Waals surface area contributed by atoms with Crippen molar-refractivity contribution in [2.45, 2.75) is 0 Å². The Balaban J connectivity index is 0.000000106. The molecule has 552 valence electrons. The molecule has 0 unspecified atom stereocenters. The molecule has 0 spiro atoms. The second-order valence-electron chi connectivity index (χ2n) is 30.9. The van der Waals surface area contributed by atoms with Crippen molar-refractivity contribution in [1.82, 2.24) is 27.4 Å². The fraction of sp³-hybridized carbons (Fsp3) is 0.0270. The minimum Gasteiger partial charge on any atom is -0.344 e. The lowest BCUT2D eigenvalue weighted by atomic mass is 9.98. The zero-order valence-corrected chi connectivity index (χ0v) is 65.0. The van der Waals surface area contributed by atoms with Gasteiger partial charge in [0.2, 0.25) is 0 Å². The molecule has 117 heavy (non-hydrogen) atoms. The molecule has 6 nitrogen and oxygen atoms in total. The van der Waals surface area contributed by atoms with E-state index in [0.717, 1.165) is 0 Å². The summed E-state index contributed by atoms with van der Waals surface area (Å²) in [7, 11) is 6.51. The van der Waals surface area contributed by atoms with Crippen LogP contribution in [-0.2, 0) is 21.1 Å². The van der Waals surface area contributed by atoms with Crippen molar-refractivity contribution < 1.29 is 0 Å². The Morgan fingerprint density at radius 3 is 0.684 bits per heavy atom. The van der Waals surface area contributed by atoms with E-state index >= 15 is 0 Å². The second-order valence-corrected chi connectivity index (χ2v) is 30.9. The first-order chi connectivity index (χ1) is 57.8. The monoisotopic (exact) mass is 1490 g/mol. The second kappa shape index (κ2) is 28.1. The van der Waals surface area contributed by atoms with Gasteiger partial charge in [-0.15, -0.1) is 0 Å².